The summed E-state index contributed by atoms with van der Waals surface area (Å²) in [6, 6.07) is 3.56. The number of aromatic nitrogens is 2. The van der Waals surface area contributed by atoms with Crippen molar-refractivity contribution < 1.29 is 13.5 Å². The van der Waals surface area contributed by atoms with Crippen LogP contribution in [0.5, 0.6) is 0 Å². The summed E-state index contributed by atoms with van der Waals surface area (Å²) in [5, 5.41) is 7.37. The molecule has 1 aromatic heterocycles. The first kappa shape index (κ1) is 16.1. The molecule has 1 unspecified atom stereocenters. The maximum absolute atomic E-state index is 13.5. The summed E-state index contributed by atoms with van der Waals surface area (Å²) in [5.41, 5.74) is 1.46. The number of nitrogens with one attached hydrogen (secondary N) is 1. The van der Waals surface area contributed by atoms with Crippen LogP contribution in [0, 0.1) is 11.6 Å². The van der Waals surface area contributed by atoms with Gasteiger partial charge in [0, 0.05) is 7.11 Å². The molecule has 21 heavy (non-hydrogen) atoms. The van der Waals surface area contributed by atoms with Crippen molar-refractivity contribution in [3.05, 3.63) is 51.8 Å². The summed E-state index contributed by atoms with van der Waals surface area (Å²) in [6.45, 7) is 1.08. The van der Waals surface area contributed by atoms with Crippen LogP contribution in [0.4, 0.5) is 8.78 Å². The number of rotatable bonds is 6. The standard InChI is InChI=1S/C14H16BrF2N3O/c1-18-13(9-3-4-11(16)12(17)7-9)14-10(15)8-19-20(14)5-6-21-2/h3-4,7-8,13,18H,5-6H2,1-2H3. The average Bonchev–Trinajstić information content (AvgIpc) is 2.83. The van der Waals surface area contributed by atoms with E-state index < -0.39 is 11.6 Å². The lowest BCUT2D eigenvalue weighted by atomic mass is 10.0. The molecule has 1 atom stereocenters. The van der Waals surface area contributed by atoms with E-state index in [2.05, 4.69) is 26.3 Å². The molecule has 0 aliphatic carbocycles. The molecule has 0 aliphatic rings. The van der Waals surface area contributed by atoms with Gasteiger partial charge in [0.1, 0.15) is 0 Å². The number of hydrogen-bond acceptors (Lipinski definition) is 3. The minimum absolute atomic E-state index is 0.311. The van der Waals surface area contributed by atoms with Crippen molar-refractivity contribution in [3.8, 4) is 0 Å². The highest BCUT2D eigenvalue weighted by Gasteiger charge is 2.21. The minimum Gasteiger partial charge on any atom is -0.383 e. The maximum atomic E-state index is 13.5. The summed E-state index contributed by atoms with van der Waals surface area (Å²) in [5.74, 6) is -1.73. The van der Waals surface area contributed by atoms with Crippen LogP contribution in [0.3, 0.4) is 0 Å². The Kier molecular flexibility index (Phi) is 5.44. The molecular formula is C14H16BrF2N3O. The fourth-order valence-corrected chi connectivity index (χ4v) is 2.69. The van der Waals surface area contributed by atoms with Gasteiger partial charge in [-0.2, -0.15) is 5.10 Å². The molecule has 0 bridgehead atoms. The van der Waals surface area contributed by atoms with Gasteiger partial charge in [-0.05, 0) is 40.7 Å². The van der Waals surface area contributed by atoms with Gasteiger partial charge in [-0.25, -0.2) is 8.78 Å². The third-order valence-electron chi connectivity index (χ3n) is 3.18. The van der Waals surface area contributed by atoms with Crippen molar-refractivity contribution >= 4 is 15.9 Å². The Morgan fingerprint density at radius 2 is 2.14 bits per heavy atom. The molecule has 0 saturated carbocycles. The smallest absolute Gasteiger partial charge is 0.159 e. The van der Waals surface area contributed by atoms with Crippen LogP contribution in [0.1, 0.15) is 17.3 Å². The Balaban J connectivity index is 2.40. The normalized spacial score (nSPS) is 12.6. The van der Waals surface area contributed by atoms with Gasteiger partial charge in [0.15, 0.2) is 11.6 Å². The largest absolute Gasteiger partial charge is 0.383 e. The Morgan fingerprint density at radius 1 is 1.38 bits per heavy atom. The van der Waals surface area contributed by atoms with E-state index in [0.29, 0.717) is 18.7 Å². The average molecular weight is 360 g/mol. The lowest BCUT2D eigenvalue weighted by Crippen LogP contribution is -2.23. The van der Waals surface area contributed by atoms with Crippen LogP contribution in [0.25, 0.3) is 0 Å². The maximum Gasteiger partial charge on any atom is 0.159 e. The third kappa shape index (κ3) is 3.48. The second kappa shape index (κ2) is 7.11. The van der Waals surface area contributed by atoms with E-state index in [1.807, 2.05) is 0 Å². The quantitative estimate of drug-likeness (QED) is 0.861. The molecule has 2 aromatic rings. The van der Waals surface area contributed by atoms with Gasteiger partial charge in [0.2, 0.25) is 0 Å². The van der Waals surface area contributed by atoms with Gasteiger partial charge >= 0.3 is 0 Å². The fraction of sp³-hybridized carbons (Fsp3) is 0.357. The van der Waals surface area contributed by atoms with Gasteiger partial charge < -0.3 is 10.1 Å². The van der Waals surface area contributed by atoms with Crippen molar-refractivity contribution in [3.63, 3.8) is 0 Å². The van der Waals surface area contributed by atoms with Gasteiger partial charge in [-0.15, -0.1) is 0 Å². The zero-order chi connectivity index (χ0) is 15.4. The monoisotopic (exact) mass is 359 g/mol. The predicted octanol–water partition coefficient (Wildman–Crippen LogP) is 2.88. The van der Waals surface area contributed by atoms with Crippen LogP contribution in [0.15, 0.2) is 28.9 Å². The zero-order valence-corrected chi connectivity index (χ0v) is 13.3. The van der Waals surface area contributed by atoms with Crippen molar-refractivity contribution in [1.29, 1.82) is 0 Å². The number of ether oxygens (including phenoxy) is 1. The van der Waals surface area contributed by atoms with E-state index in [1.54, 1.807) is 31.1 Å². The molecule has 0 amide bonds. The van der Waals surface area contributed by atoms with Crippen molar-refractivity contribution in [1.82, 2.24) is 15.1 Å². The molecule has 114 valence electrons. The van der Waals surface area contributed by atoms with Crippen molar-refractivity contribution in [2.45, 2.75) is 12.6 Å². The topological polar surface area (TPSA) is 39.1 Å². The molecule has 0 aliphatic heterocycles. The first-order chi connectivity index (χ1) is 10.1. The summed E-state index contributed by atoms with van der Waals surface area (Å²) < 4.78 is 34.2. The number of halogens is 3. The first-order valence-electron chi connectivity index (χ1n) is 6.40. The van der Waals surface area contributed by atoms with Crippen LogP contribution in [-0.2, 0) is 11.3 Å². The second-order valence-electron chi connectivity index (χ2n) is 4.49. The van der Waals surface area contributed by atoms with Crippen molar-refractivity contribution in [2.24, 2.45) is 0 Å². The number of benzene rings is 1. The van der Waals surface area contributed by atoms with Gasteiger partial charge in [0.25, 0.3) is 0 Å². The number of nitrogens with zero attached hydrogens (tertiary/aromatic N) is 2. The van der Waals surface area contributed by atoms with Gasteiger partial charge in [-0.3, -0.25) is 4.68 Å². The SMILES string of the molecule is CNC(c1ccc(F)c(F)c1)c1c(Br)cnn1CCOC. The molecule has 0 saturated heterocycles. The molecule has 0 radical (unpaired) electrons. The molecular weight excluding hydrogens is 344 g/mol. The fourth-order valence-electron chi connectivity index (χ4n) is 2.17. The molecule has 0 spiro atoms. The number of methoxy groups -OCH3 is 1. The highest BCUT2D eigenvalue weighted by molar-refractivity contribution is 9.10. The van der Waals surface area contributed by atoms with Crippen molar-refractivity contribution in [2.75, 3.05) is 20.8 Å². The number of hydrogen-bond donors (Lipinski definition) is 1. The Hall–Kier alpha value is -1.31. The highest BCUT2D eigenvalue weighted by Crippen LogP contribution is 2.29. The lowest BCUT2D eigenvalue weighted by molar-refractivity contribution is 0.182. The Bertz CT molecular complexity index is 618. The highest BCUT2D eigenvalue weighted by atomic mass is 79.9. The molecule has 7 heteroatoms. The summed E-state index contributed by atoms with van der Waals surface area (Å²) >= 11 is 3.45. The van der Waals surface area contributed by atoms with Crippen LogP contribution < -0.4 is 5.32 Å². The molecule has 1 heterocycles. The predicted molar refractivity (Wildman–Crippen MR) is 79.1 cm³/mol. The summed E-state index contributed by atoms with van der Waals surface area (Å²) in [7, 11) is 3.37. The molecule has 1 aromatic carbocycles. The van der Waals surface area contributed by atoms with Crippen LogP contribution in [0.2, 0.25) is 0 Å². The first-order valence-corrected chi connectivity index (χ1v) is 7.20. The van der Waals surface area contributed by atoms with E-state index in [9.17, 15) is 8.78 Å². The molecule has 0 fully saturated rings. The van der Waals surface area contributed by atoms with Gasteiger partial charge in [-0.1, -0.05) is 6.07 Å². The molecule has 2 rings (SSSR count). The zero-order valence-electron chi connectivity index (χ0n) is 11.7. The summed E-state index contributed by atoms with van der Waals surface area (Å²) in [4.78, 5) is 0. The Morgan fingerprint density at radius 3 is 2.76 bits per heavy atom. The van der Waals surface area contributed by atoms with E-state index in [0.717, 1.165) is 16.2 Å². The van der Waals surface area contributed by atoms with Gasteiger partial charge in [0.05, 0.1) is 35.6 Å². The molecule has 1 N–H and O–H groups in total. The van der Waals surface area contributed by atoms with Crippen LogP contribution >= 0.6 is 15.9 Å². The van der Waals surface area contributed by atoms with E-state index in [4.69, 9.17) is 4.74 Å². The minimum atomic E-state index is -0.869. The van der Waals surface area contributed by atoms with E-state index in [1.165, 1.54) is 6.07 Å². The Labute approximate surface area is 130 Å². The second-order valence-corrected chi connectivity index (χ2v) is 5.34. The summed E-state index contributed by atoms with van der Waals surface area (Å²) in [6.07, 6.45) is 1.68. The van der Waals surface area contributed by atoms with Crippen LogP contribution in [-0.4, -0.2) is 30.5 Å². The van der Waals surface area contributed by atoms with E-state index >= 15 is 0 Å². The third-order valence-corrected chi connectivity index (χ3v) is 3.79. The van der Waals surface area contributed by atoms with E-state index in [-0.39, 0.29) is 6.04 Å². The lowest BCUT2D eigenvalue weighted by Gasteiger charge is -2.19. The molecule has 4 nitrogen and oxygen atoms in total.